The molecule has 2 heterocycles. The average Bonchev–Trinajstić information content (AvgIpc) is 3.26. The molecule has 1 atom stereocenters. The maximum absolute atomic E-state index is 13.8. The molecule has 1 aliphatic carbocycles. The van der Waals surface area contributed by atoms with Gasteiger partial charge in [0, 0.05) is 46.4 Å². The van der Waals surface area contributed by atoms with Crippen LogP contribution >= 0.6 is 11.6 Å². The van der Waals surface area contributed by atoms with Gasteiger partial charge in [-0.3, -0.25) is 9.59 Å². The fourth-order valence-electron chi connectivity index (χ4n) is 6.12. The number of H-pyrrole nitrogens is 1. The molecule has 0 bridgehead atoms. The lowest BCUT2D eigenvalue weighted by Crippen LogP contribution is -2.42. The number of allylic oxidation sites excluding steroid dienone is 1. The number of para-hydroxylation sites is 2. The molecule has 6 nitrogen and oxygen atoms in total. The zero-order valence-electron chi connectivity index (χ0n) is 23.1. The normalized spacial score (nSPS) is 18.0. The van der Waals surface area contributed by atoms with Gasteiger partial charge in [0.1, 0.15) is 5.82 Å². The Morgan fingerprint density at radius 2 is 1.88 bits per heavy atom. The molecular formula is C33H32ClFN4O2. The fraction of sp³-hybridized carbons (Fsp3) is 0.273. The van der Waals surface area contributed by atoms with Crippen molar-refractivity contribution in [3.8, 4) is 0 Å². The van der Waals surface area contributed by atoms with E-state index in [9.17, 15) is 14.0 Å². The first-order chi connectivity index (χ1) is 19.7. The summed E-state index contributed by atoms with van der Waals surface area (Å²) in [6.45, 7) is 4.65. The van der Waals surface area contributed by atoms with Crippen LogP contribution in [0.3, 0.4) is 0 Å². The van der Waals surface area contributed by atoms with E-state index >= 15 is 0 Å². The van der Waals surface area contributed by atoms with Crippen LogP contribution in [0.1, 0.15) is 43.9 Å². The number of aromatic amines is 1. The molecule has 0 saturated heterocycles. The van der Waals surface area contributed by atoms with Gasteiger partial charge in [-0.25, -0.2) is 4.39 Å². The topological polar surface area (TPSA) is 77.2 Å². The zero-order chi connectivity index (χ0) is 28.7. The van der Waals surface area contributed by atoms with E-state index in [1.54, 1.807) is 6.07 Å². The van der Waals surface area contributed by atoms with Gasteiger partial charge in [-0.15, -0.1) is 0 Å². The third kappa shape index (κ3) is 5.46. The zero-order valence-corrected chi connectivity index (χ0v) is 23.8. The van der Waals surface area contributed by atoms with Crippen molar-refractivity contribution in [2.75, 3.05) is 23.3 Å². The molecule has 1 amide bonds. The third-order valence-corrected chi connectivity index (χ3v) is 8.20. The Hall–Kier alpha value is -4.10. The maximum Gasteiger partial charge on any atom is 0.239 e. The molecule has 6 rings (SSSR count). The number of hydrogen-bond donors (Lipinski definition) is 3. The first-order valence-electron chi connectivity index (χ1n) is 13.9. The van der Waals surface area contributed by atoms with E-state index in [0.29, 0.717) is 30.0 Å². The molecule has 0 saturated carbocycles. The van der Waals surface area contributed by atoms with Crippen molar-refractivity contribution in [1.82, 2.24) is 10.3 Å². The number of fused-ring (bicyclic) bond motifs is 2. The standard InChI is InChI=1S/C33H32ClFN4O2/c1-33(2)16-27-31(29(40)17-33)32(20-7-9-22(34)10-8-20)39(28-6-4-3-5-26(28)38-27)19-30(41)36-14-13-21-18-37-25-12-11-23(35)15-24(21)25/h3-12,15,18,32,37-38H,13-14,16-17,19H2,1-2H3,(H,36,41). The highest BCUT2D eigenvalue weighted by molar-refractivity contribution is 6.30. The highest BCUT2D eigenvalue weighted by Crippen LogP contribution is 2.48. The maximum atomic E-state index is 13.8. The summed E-state index contributed by atoms with van der Waals surface area (Å²) in [5.74, 6) is -0.385. The van der Waals surface area contributed by atoms with Gasteiger partial charge in [0.2, 0.25) is 5.91 Å². The number of nitrogens with zero attached hydrogens (tertiary/aromatic N) is 1. The molecule has 3 aromatic carbocycles. The molecule has 2 aliphatic rings. The molecular weight excluding hydrogens is 539 g/mol. The van der Waals surface area contributed by atoms with E-state index in [1.807, 2.05) is 59.6 Å². The summed E-state index contributed by atoms with van der Waals surface area (Å²) in [5, 5.41) is 8.03. The van der Waals surface area contributed by atoms with Crippen LogP contribution in [0.25, 0.3) is 10.9 Å². The molecule has 41 heavy (non-hydrogen) atoms. The quantitative estimate of drug-likeness (QED) is 0.235. The average molecular weight is 571 g/mol. The van der Waals surface area contributed by atoms with Gasteiger partial charge in [-0.1, -0.05) is 49.7 Å². The van der Waals surface area contributed by atoms with E-state index in [2.05, 4.69) is 29.5 Å². The van der Waals surface area contributed by atoms with Crippen LogP contribution in [0.15, 0.2) is 84.2 Å². The number of carbonyl (C=O) groups excluding carboxylic acids is 2. The first kappa shape index (κ1) is 27.1. The summed E-state index contributed by atoms with van der Waals surface area (Å²) < 4.78 is 13.8. The minimum absolute atomic E-state index is 0.0436. The molecule has 3 N–H and O–H groups in total. The Morgan fingerprint density at radius 1 is 1.10 bits per heavy atom. The summed E-state index contributed by atoms with van der Waals surface area (Å²) in [7, 11) is 0. The number of halogens is 2. The van der Waals surface area contributed by atoms with Crippen molar-refractivity contribution in [2.45, 2.75) is 39.2 Å². The summed E-state index contributed by atoms with van der Waals surface area (Å²) in [6.07, 6.45) is 3.56. The monoisotopic (exact) mass is 570 g/mol. The molecule has 1 unspecified atom stereocenters. The Morgan fingerprint density at radius 3 is 2.68 bits per heavy atom. The Labute approximate surface area is 243 Å². The van der Waals surface area contributed by atoms with Crippen LogP contribution < -0.4 is 15.5 Å². The van der Waals surface area contributed by atoms with E-state index in [-0.39, 0.29) is 29.5 Å². The van der Waals surface area contributed by atoms with Gasteiger partial charge in [0.15, 0.2) is 5.78 Å². The second-order valence-corrected chi connectivity index (χ2v) is 12.1. The van der Waals surface area contributed by atoms with Crippen molar-refractivity contribution in [3.63, 3.8) is 0 Å². The van der Waals surface area contributed by atoms with Gasteiger partial charge in [-0.05, 0) is 71.8 Å². The molecule has 1 aromatic heterocycles. The van der Waals surface area contributed by atoms with Gasteiger partial charge < -0.3 is 20.5 Å². The summed E-state index contributed by atoms with van der Waals surface area (Å²) in [4.78, 5) is 32.5. The SMILES string of the molecule is CC1(C)CC(=O)C2=C(C1)Nc1ccccc1N(CC(=O)NCCc1c[nH]c3ccc(F)cc13)C2c1ccc(Cl)cc1. The molecule has 8 heteroatoms. The molecule has 0 radical (unpaired) electrons. The molecule has 0 spiro atoms. The Kier molecular flexibility index (Phi) is 7.08. The van der Waals surface area contributed by atoms with Gasteiger partial charge in [0.05, 0.1) is 24.0 Å². The fourth-order valence-corrected chi connectivity index (χ4v) is 6.25. The molecule has 210 valence electrons. The number of hydrogen-bond acceptors (Lipinski definition) is 4. The highest BCUT2D eigenvalue weighted by atomic mass is 35.5. The van der Waals surface area contributed by atoms with Crippen molar-refractivity contribution in [1.29, 1.82) is 0 Å². The van der Waals surface area contributed by atoms with E-state index in [0.717, 1.165) is 45.5 Å². The molecule has 0 fully saturated rings. The van der Waals surface area contributed by atoms with Crippen molar-refractivity contribution >= 4 is 45.6 Å². The van der Waals surface area contributed by atoms with Crippen LogP contribution in [0.5, 0.6) is 0 Å². The number of ketones is 1. The van der Waals surface area contributed by atoms with Gasteiger partial charge >= 0.3 is 0 Å². The number of aromatic nitrogens is 1. The van der Waals surface area contributed by atoms with Crippen LogP contribution in [-0.4, -0.2) is 29.8 Å². The number of carbonyl (C=O) groups is 2. The van der Waals surface area contributed by atoms with Crippen molar-refractivity contribution in [2.24, 2.45) is 5.41 Å². The number of benzene rings is 3. The molecule has 4 aromatic rings. The number of anilines is 2. The van der Waals surface area contributed by atoms with Gasteiger partial charge in [0.25, 0.3) is 0 Å². The minimum atomic E-state index is -0.468. The van der Waals surface area contributed by atoms with Gasteiger partial charge in [-0.2, -0.15) is 0 Å². The van der Waals surface area contributed by atoms with Crippen molar-refractivity contribution in [3.05, 3.63) is 106 Å². The third-order valence-electron chi connectivity index (χ3n) is 7.95. The lowest BCUT2D eigenvalue weighted by Gasteiger charge is -2.37. The summed E-state index contributed by atoms with van der Waals surface area (Å²) in [6, 6.07) is 19.5. The van der Waals surface area contributed by atoms with E-state index in [1.165, 1.54) is 12.1 Å². The Bertz CT molecular complexity index is 1670. The van der Waals surface area contributed by atoms with E-state index < -0.39 is 6.04 Å². The predicted octanol–water partition coefficient (Wildman–Crippen LogP) is 6.94. The number of amides is 1. The van der Waals surface area contributed by atoms with Crippen LogP contribution in [0, 0.1) is 11.2 Å². The predicted molar refractivity (Wildman–Crippen MR) is 162 cm³/mol. The number of Topliss-reactive ketones (excluding diaryl/α,β-unsaturated/α-hetero) is 1. The second-order valence-electron chi connectivity index (χ2n) is 11.7. The van der Waals surface area contributed by atoms with Crippen LogP contribution in [-0.2, 0) is 16.0 Å². The largest absolute Gasteiger partial charge is 0.361 e. The summed E-state index contributed by atoms with van der Waals surface area (Å²) in [5.41, 5.74) is 5.79. The number of rotatable bonds is 6. The van der Waals surface area contributed by atoms with Crippen LogP contribution in [0.2, 0.25) is 5.02 Å². The smallest absolute Gasteiger partial charge is 0.239 e. The lowest BCUT2D eigenvalue weighted by molar-refractivity contribution is -0.120. The summed E-state index contributed by atoms with van der Waals surface area (Å²) >= 11 is 6.24. The Balaban J connectivity index is 1.32. The lowest BCUT2D eigenvalue weighted by atomic mass is 9.73. The molecule has 1 aliphatic heterocycles. The minimum Gasteiger partial charge on any atom is -0.361 e. The van der Waals surface area contributed by atoms with E-state index in [4.69, 9.17) is 11.6 Å². The number of nitrogens with one attached hydrogen (secondary N) is 3. The first-order valence-corrected chi connectivity index (χ1v) is 14.2. The second kappa shape index (κ2) is 10.7. The van der Waals surface area contributed by atoms with Crippen LogP contribution in [0.4, 0.5) is 15.8 Å². The van der Waals surface area contributed by atoms with Crippen molar-refractivity contribution < 1.29 is 14.0 Å². The highest BCUT2D eigenvalue weighted by Gasteiger charge is 2.41.